The minimum Gasteiger partial charge on any atom is -0.457 e. The number of benzene rings is 1. The summed E-state index contributed by atoms with van der Waals surface area (Å²) in [5.74, 6) is 0.311. The van der Waals surface area contributed by atoms with E-state index in [1.54, 1.807) is 6.20 Å². The maximum Gasteiger partial charge on any atom is 0.339 e. The maximum atomic E-state index is 13.0. The molecule has 0 spiro atoms. The van der Waals surface area contributed by atoms with E-state index in [0.717, 1.165) is 54.9 Å². The lowest BCUT2D eigenvalue weighted by molar-refractivity contribution is -0.151. The highest BCUT2D eigenvalue weighted by molar-refractivity contribution is 6.24. The number of ether oxygens (including phenoxy) is 1. The summed E-state index contributed by atoms with van der Waals surface area (Å²) >= 11 is 0. The van der Waals surface area contributed by atoms with E-state index in [-0.39, 0.29) is 12.1 Å². The van der Waals surface area contributed by atoms with Gasteiger partial charge in [-0.3, -0.25) is 9.88 Å². The smallest absolute Gasteiger partial charge is 0.339 e. The van der Waals surface area contributed by atoms with Crippen molar-refractivity contribution in [1.82, 2.24) is 9.88 Å². The molecule has 0 saturated carbocycles. The Labute approximate surface area is 159 Å². The van der Waals surface area contributed by atoms with E-state index in [2.05, 4.69) is 16.0 Å². The van der Waals surface area contributed by atoms with Gasteiger partial charge in [-0.05, 0) is 72.8 Å². The summed E-state index contributed by atoms with van der Waals surface area (Å²) in [5, 5.41) is 0. The Balaban J connectivity index is 1.44. The van der Waals surface area contributed by atoms with Gasteiger partial charge < -0.3 is 4.74 Å². The molecule has 4 nitrogen and oxygen atoms in total. The van der Waals surface area contributed by atoms with Crippen LogP contribution < -0.4 is 0 Å². The summed E-state index contributed by atoms with van der Waals surface area (Å²) in [6, 6.07) is 13.8. The fourth-order valence-corrected chi connectivity index (χ4v) is 4.43. The molecule has 3 aliphatic heterocycles. The van der Waals surface area contributed by atoms with Crippen molar-refractivity contribution in [3.05, 3.63) is 71.6 Å². The summed E-state index contributed by atoms with van der Waals surface area (Å²) < 4.78 is 5.97. The molecule has 27 heavy (non-hydrogen) atoms. The number of carbonyl (C=O) groups excluding carboxylic acids is 1. The molecular weight excluding hydrogens is 336 g/mol. The summed E-state index contributed by atoms with van der Waals surface area (Å²) in [4.78, 5) is 19.8. The second-order valence-electron chi connectivity index (χ2n) is 7.54. The lowest BCUT2D eigenvalue weighted by atomic mass is 9.86. The first-order valence-corrected chi connectivity index (χ1v) is 9.65. The SMILES string of the molecule is O=C(O[C@H]1CN2CCC1CC2)C1=C/C(=C/c2ccccn2)c2ccccc21. The van der Waals surface area contributed by atoms with E-state index in [4.69, 9.17) is 4.74 Å². The van der Waals surface area contributed by atoms with Crippen LogP contribution in [-0.4, -0.2) is 41.6 Å². The van der Waals surface area contributed by atoms with E-state index >= 15 is 0 Å². The summed E-state index contributed by atoms with van der Waals surface area (Å²) in [5.41, 5.74) is 4.55. The molecule has 6 rings (SSSR count). The number of nitrogens with zero attached hydrogens (tertiary/aromatic N) is 2. The third kappa shape index (κ3) is 3.10. The van der Waals surface area contributed by atoms with Crippen LogP contribution in [0.4, 0.5) is 0 Å². The molecule has 0 unspecified atom stereocenters. The molecule has 1 aliphatic carbocycles. The zero-order valence-electron chi connectivity index (χ0n) is 15.2. The van der Waals surface area contributed by atoms with Gasteiger partial charge >= 0.3 is 5.97 Å². The molecule has 136 valence electrons. The Kier molecular flexibility index (Phi) is 4.13. The number of piperidine rings is 3. The molecule has 1 aromatic heterocycles. The second kappa shape index (κ2) is 6.78. The average Bonchev–Trinajstić information content (AvgIpc) is 3.08. The monoisotopic (exact) mass is 358 g/mol. The summed E-state index contributed by atoms with van der Waals surface area (Å²) in [6.45, 7) is 3.16. The van der Waals surface area contributed by atoms with Crippen LogP contribution in [0.2, 0.25) is 0 Å². The van der Waals surface area contributed by atoms with Gasteiger partial charge in [0, 0.05) is 12.7 Å². The Bertz CT molecular complexity index is 924. The van der Waals surface area contributed by atoms with Crippen LogP contribution in [0, 0.1) is 5.92 Å². The molecule has 4 aliphatic rings. The maximum absolute atomic E-state index is 13.0. The first-order chi connectivity index (χ1) is 13.3. The summed E-state index contributed by atoms with van der Waals surface area (Å²) in [7, 11) is 0. The third-order valence-corrected chi connectivity index (χ3v) is 5.89. The molecule has 0 N–H and O–H groups in total. The Morgan fingerprint density at radius 2 is 1.85 bits per heavy atom. The van der Waals surface area contributed by atoms with E-state index in [9.17, 15) is 4.79 Å². The van der Waals surface area contributed by atoms with Gasteiger partial charge in [0.15, 0.2) is 0 Å². The van der Waals surface area contributed by atoms with Crippen molar-refractivity contribution in [2.45, 2.75) is 18.9 Å². The molecule has 0 amide bonds. The van der Waals surface area contributed by atoms with Crippen molar-refractivity contribution in [1.29, 1.82) is 0 Å². The van der Waals surface area contributed by atoms with Crippen LogP contribution in [0.3, 0.4) is 0 Å². The third-order valence-electron chi connectivity index (χ3n) is 5.89. The molecule has 1 atom stereocenters. The predicted molar refractivity (Wildman–Crippen MR) is 106 cm³/mol. The molecule has 0 radical (unpaired) electrons. The van der Waals surface area contributed by atoms with Crippen LogP contribution in [0.15, 0.2) is 54.7 Å². The first kappa shape index (κ1) is 16.5. The Morgan fingerprint density at radius 1 is 1.07 bits per heavy atom. The van der Waals surface area contributed by atoms with Crippen LogP contribution >= 0.6 is 0 Å². The van der Waals surface area contributed by atoms with Crippen LogP contribution in [0.25, 0.3) is 17.2 Å². The normalized spacial score (nSPS) is 27.3. The molecule has 4 heterocycles. The van der Waals surface area contributed by atoms with Crippen LogP contribution in [0.5, 0.6) is 0 Å². The molecular formula is C23H22N2O2. The lowest BCUT2D eigenvalue weighted by Gasteiger charge is -2.43. The van der Waals surface area contributed by atoms with Crippen molar-refractivity contribution in [2.24, 2.45) is 5.92 Å². The zero-order valence-corrected chi connectivity index (χ0v) is 15.2. The molecule has 1 aromatic carbocycles. The highest BCUT2D eigenvalue weighted by atomic mass is 16.5. The van der Waals surface area contributed by atoms with Crippen LogP contribution in [0.1, 0.15) is 29.7 Å². The van der Waals surface area contributed by atoms with Gasteiger partial charge in [-0.15, -0.1) is 0 Å². The molecule has 2 bridgehead atoms. The summed E-state index contributed by atoms with van der Waals surface area (Å²) in [6.07, 6.45) is 8.05. The largest absolute Gasteiger partial charge is 0.457 e. The Morgan fingerprint density at radius 3 is 2.56 bits per heavy atom. The standard InChI is InChI=1S/C23H22N2O2/c26-23(27-22-15-25-11-8-16(22)9-12-25)21-14-17(13-18-5-3-4-10-24-18)19-6-1-2-7-20(19)21/h1-7,10,13-14,16,22H,8-9,11-12,15H2/b17-13-/t22-/m0/s1. The highest BCUT2D eigenvalue weighted by Crippen LogP contribution is 2.38. The number of carbonyl (C=O) groups is 1. The first-order valence-electron chi connectivity index (χ1n) is 9.65. The van der Waals surface area contributed by atoms with Crippen molar-refractivity contribution in [2.75, 3.05) is 19.6 Å². The van der Waals surface area contributed by atoms with Gasteiger partial charge in [-0.25, -0.2) is 4.79 Å². The van der Waals surface area contributed by atoms with Crippen molar-refractivity contribution >= 4 is 23.2 Å². The van der Waals surface area contributed by atoms with Crippen LogP contribution in [-0.2, 0) is 9.53 Å². The van der Waals surface area contributed by atoms with Gasteiger partial charge in [-0.1, -0.05) is 30.3 Å². The van der Waals surface area contributed by atoms with Gasteiger partial charge in [-0.2, -0.15) is 0 Å². The second-order valence-corrected chi connectivity index (χ2v) is 7.54. The van der Waals surface area contributed by atoms with Gasteiger partial charge in [0.25, 0.3) is 0 Å². The number of aromatic nitrogens is 1. The predicted octanol–water partition coefficient (Wildman–Crippen LogP) is 3.66. The van der Waals surface area contributed by atoms with E-state index in [1.165, 1.54) is 0 Å². The number of hydrogen-bond donors (Lipinski definition) is 0. The number of fused-ring (bicyclic) bond motifs is 4. The quantitative estimate of drug-likeness (QED) is 0.786. The fourth-order valence-electron chi connectivity index (χ4n) is 4.43. The fraction of sp³-hybridized carbons (Fsp3) is 0.304. The molecule has 3 saturated heterocycles. The molecule has 2 aromatic rings. The topological polar surface area (TPSA) is 42.4 Å². The Hall–Kier alpha value is -2.72. The number of allylic oxidation sites excluding steroid dienone is 2. The minimum atomic E-state index is -0.203. The van der Waals surface area contributed by atoms with Gasteiger partial charge in [0.05, 0.1) is 11.3 Å². The van der Waals surface area contributed by atoms with E-state index < -0.39 is 0 Å². The number of esters is 1. The average molecular weight is 358 g/mol. The number of rotatable bonds is 3. The van der Waals surface area contributed by atoms with Crippen molar-refractivity contribution < 1.29 is 9.53 Å². The van der Waals surface area contributed by atoms with E-state index in [0.29, 0.717) is 11.5 Å². The van der Waals surface area contributed by atoms with Crippen molar-refractivity contribution in [3.8, 4) is 0 Å². The highest BCUT2D eigenvalue weighted by Gasteiger charge is 2.37. The minimum absolute atomic E-state index is 0.0249. The van der Waals surface area contributed by atoms with Crippen molar-refractivity contribution in [3.63, 3.8) is 0 Å². The van der Waals surface area contributed by atoms with E-state index in [1.807, 2.05) is 48.6 Å². The van der Waals surface area contributed by atoms with Gasteiger partial charge in [0.2, 0.25) is 0 Å². The molecule has 3 fully saturated rings. The van der Waals surface area contributed by atoms with Gasteiger partial charge in [0.1, 0.15) is 6.10 Å². The molecule has 4 heteroatoms. The zero-order chi connectivity index (χ0) is 18.2. The lowest BCUT2D eigenvalue weighted by Crippen LogP contribution is -2.51. The number of pyridine rings is 1. The number of hydrogen-bond acceptors (Lipinski definition) is 4.